The first kappa shape index (κ1) is 14.7. The summed E-state index contributed by atoms with van der Waals surface area (Å²) in [6.07, 6.45) is 0.547. The van der Waals surface area contributed by atoms with E-state index in [2.05, 4.69) is 5.32 Å². The lowest BCUT2D eigenvalue weighted by Crippen LogP contribution is -2.29. The van der Waals surface area contributed by atoms with Gasteiger partial charge in [-0.1, -0.05) is 36.6 Å². The second-order valence-electron chi connectivity index (χ2n) is 4.23. The van der Waals surface area contributed by atoms with Gasteiger partial charge in [0.25, 0.3) is 0 Å². The Balaban J connectivity index is 1.98. The van der Waals surface area contributed by atoms with Crippen molar-refractivity contribution in [3.05, 3.63) is 41.3 Å². The van der Waals surface area contributed by atoms with E-state index in [-0.39, 0.29) is 11.5 Å². The van der Waals surface area contributed by atoms with Crippen molar-refractivity contribution in [2.24, 2.45) is 0 Å². The van der Waals surface area contributed by atoms with Crippen LogP contribution in [0.5, 0.6) is 5.75 Å². The maximum absolute atomic E-state index is 9.84. The Labute approximate surface area is 128 Å². The molecular weight excluding hydrogens is 294 g/mol. The quantitative estimate of drug-likeness (QED) is 0.834. The van der Waals surface area contributed by atoms with Crippen molar-refractivity contribution in [3.8, 4) is 5.75 Å². The van der Waals surface area contributed by atoms with Crippen LogP contribution in [-0.4, -0.2) is 28.7 Å². The molecule has 0 bridgehead atoms. The van der Waals surface area contributed by atoms with Crippen molar-refractivity contribution in [1.29, 1.82) is 0 Å². The minimum atomic E-state index is -0.0292. The number of nitrogens with one attached hydrogen (secondary N) is 1. The number of allylic oxidation sites excluding steroid dienone is 1. The molecule has 0 amide bonds. The van der Waals surface area contributed by atoms with Crippen molar-refractivity contribution in [2.75, 3.05) is 13.7 Å². The summed E-state index contributed by atoms with van der Waals surface area (Å²) in [4.78, 5) is 0.847. The van der Waals surface area contributed by atoms with Crippen molar-refractivity contribution >= 4 is 34.3 Å². The number of thiocarbonyl (C=S) groups is 2. The zero-order valence-electron chi connectivity index (χ0n) is 11.0. The molecule has 0 saturated heterocycles. The van der Waals surface area contributed by atoms with Crippen LogP contribution in [0.1, 0.15) is 12.0 Å². The van der Waals surface area contributed by atoms with E-state index in [0.29, 0.717) is 29.4 Å². The van der Waals surface area contributed by atoms with Crippen molar-refractivity contribution in [1.82, 2.24) is 5.32 Å². The Morgan fingerprint density at radius 3 is 2.75 bits per heavy atom. The fourth-order valence-electron chi connectivity index (χ4n) is 1.74. The van der Waals surface area contributed by atoms with Gasteiger partial charge in [0.2, 0.25) is 0 Å². The summed E-state index contributed by atoms with van der Waals surface area (Å²) >= 11 is 10.3. The molecule has 6 heteroatoms. The van der Waals surface area contributed by atoms with E-state index in [1.165, 1.54) is 0 Å². The number of ether oxygens (including phenoxy) is 2. The van der Waals surface area contributed by atoms with Gasteiger partial charge in [-0.25, -0.2) is 0 Å². The molecule has 0 unspecified atom stereocenters. The Kier molecular flexibility index (Phi) is 4.92. The molecule has 2 N–H and O–H groups in total. The van der Waals surface area contributed by atoms with Gasteiger partial charge in [-0.05, 0) is 17.7 Å². The Morgan fingerprint density at radius 1 is 1.40 bits per heavy atom. The normalized spacial score (nSPS) is 14.8. The topological polar surface area (TPSA) is 50.7 Å². The third-order valence-corrected chi connectivity index (χ3v) is 3.60. The Morgan fingerprint density at radius 2 is 2.10 bits per heavy atom. The number of methoxy groups -OCH3 is 1. The lowest BCUT2D eigenvalue weighted by molar-refractivity contribution is 0.211. The largest absolute Gasteiger partial charge is 0.503 e. The highest BCUT2D eigenvalue weighted by atomic mass is 32.1. The SMILES string of the molecule is COc1ccc(CNC(=S)C2=C(O)C(=S)CCO2)cc1. The second-order valence-corrected chi connectivity index (χ2v) is 5.13. The van der Waals surface area contributed by atoms with Crippen LogP contribution in [-0.2, 0) is 11.3 Å². The minimum absolute atomic E-state index is 0.0292. The number of aliphatic hydroxyl groups is 1. The summed E-state index contributed by atoms with van der Waals surface area (Å²) in [6, 6.07) is 7.64. The molecule has 1 aromatic rings. The van der Waals surface area contributed by atoms with E-state index in [1.807, 2.05) is 24.3 Å². The van der Waals surface area contributed by atoms with Gasteiger partial charge < -0.3 is 19.9 Å². The highest BCUT2D eigenvalue weighted by Gasteiger charge is 2.21. The molecule has 1 heterocycles. The van der Waals surface area contributed by atoms with Gasteiger partial charge in [-0.3, -0.25) is 0 Å². The van der Waals surface area contributed by atoms with E-state index >= 15 is 0 Å². The van der Waals surface area contributed by atoms with Crippen LogP contribution >= 0.6 is 24.4 Å². The molecule has 0 aliphatic carbocycles. The average Bonchev–Trinajstić information content (AvgIpc) is 2.48. The van der Waals surface area contributed by atoms with Crippen LogP contribution in [0.3, 0.4) is 0 Å². The van der Waals surface area contributed by atoms with Crippen molar-refractivity contribution in [2.45, 2.75) is 13.0 Å². The van der Waals surface area contributed by atoms with Gasteiger partial charge in [-0.2, -0.15) is 0 Å². The molecule has 0 fully saturated rings. The van der Waals surface area contributed by atoms with Crippen LogP contribution in [0.15, 0.2) is 35.8 Å². The highest BCUT2D eigenvalue weighted by molar-refractivity contribution is 7.81. The first-order chi connectivity index (χ1) is 9.61. The first-order valence-electron chi connectivity index (χ1n) is 6.12. The number of aliphatic hydroxyl groups excluding tert-OH is 1. The van der Waals surface area contributed by atoms with Crippen molar-refractivity contribution in [3.63, 3.8) is 0 Å². The molecular formula is C14H15NO3S2. The predicted octanol–water partition coefficient (Wildman–Crippen LogP) is 2.67. The zero-order valence-corrected chi connectivity index (χ0v) is 12.6. The summed E-state index contributed by atoms with van der Waals surface area (Å²) in [5.41, 5.74) is 1.05. The van der Waals surface area contributed by atoms with Crippen LogP contribution in [0.4, 0.5) is 0 Å². The first-order valence-corrected chi connectivity index (χ1v) is 6.94. The van der Waals surface area contributed by atoms with Crippen LogP contribution in [0, 0.1) is 0 Å². The van der Waals surface area contributed by atoms with Crippen molar-refractivity contribution < 1.29 is 14.6 Å². The molecule has 2 rings (SSSR count). The second kappa shape index (κ2) is 6.67. The standard InChI is InChI=1S/C14H15NO3S2/c1-17-10-4-2-9(3-5-10)8-15-14(20)13-12(16)11(19)6-7-18-13/h2-5,16H,6-8H2,1H3,(H,15,20). The summed E-state index contributed by atoms with van der Waals surface area (Å²) in [5.74, 6) is 1.04. The van der Waals surface area contributed by atoms with E-state index < -0.39 is 0 Å². The van der Waals surface area contributed by atoms with Gasteiger partial charge in [0.15, 0.2) is 11.5 Å². The number of benzene rings is 1. The van der Waals surface area contributed by atoms with Gasteiger partial charge in [0.05, 0.1) is 18.6 Å². The summed E-state index contributed by atoms with van der Waals surface area (Å²) in [7, 11) is 1.63. The highest BCUT2D eigenvalue weighted by Crippen LogP contribution is 2.17. The van der Waals surface area contributed by atoms with Gasteiger partial charge >= 0.3 is 0 Å². The smallest absolute Gasteiger partial charge is 0.196 e. The molecule has 20 heavy (non-hydrogen) atoms. The van der Waals surface area contributed by atoms with Crippen LogP contribution < -0.4 is 10.1 Å². The Hall–Kier alpha value is -1.66. The molecule has 106 valence electrons. The van der Waals surface area contributed by atoms with Gasteiger partial charge in [0, 0.05) is 13.0 Å². The van der Waals surface area contributed by atoms with Crippen LogP contribution in [0.25, 0.3) is 0 Å². The number of hydrogen-bond donors (Lipinski definition) is 2. The molecule has 0 aromatic heterocycles. The zero-order chi connectivity index (χ0) is 14.5. The summed E-state index contributed by atoms with van der Waals surface area (Å²) in [5, 5.41) is 12.9. The molecule has 0 radical (unpaired) electrons. The van der Waals surface area contributed by atoms with E-state index in [0.717, 1.165) is 11.3 Å². The molecule has 4 nitrogen and oxygen atoms in total. The maximum Gasteiger partial charge on any atom is 0.196 e. The lowest BCUT2D eigenvalue weighted by atomic mass is 10.2. The fraction of sp³-hybridized carbons (Fsp3) is 0.286. The molecule has 1 aliphatic rings. The Bertz CT molecular complexity index is 552. The minimum Gasteiger partial charge on any atom is -0.503 e. The van der Waals surface area contributed by atoms with E-state index in [1.54, 1.807) is 7.11 Å². The third kappa shape index (κ3) is 3.46. The third-order valence-electron chi connectivity index (χ3n) is 2.87. The summed E-state index contributed by atoms with van der Waals surface area (Å²) < 4.78 is 10.5. The molecule has 0 saturated carbocycles. The number of hydrogen-bond acceptors (Lipinski definition) is 5. The van der Waals surface area contributed by atoms with E-state index in [4.69, 9.17) is 33.9 Å². The summed E-state index contributed by atoms with van der Waals surface area (Å²) in [6.45, 7) is 0.984. The van der Waals surface area contributed by atoms with Crippen LogP contribution in [0.2, 0.25) is 0 Å². The van der Waals surface area contributed by atoms with Gasteiger partial charge in [0.1, 0.15) is 10.7 Å². The van der Waals surface area contributed by atoms with Gasteiger partial charge in [-0.15, -0.1) is 0 Å². The van der Waals surface area contributed by atoms with E-state index in [9.17, 15) is 5.11 Å². The lowest BCUT2D eigenvalue weighted by Gasteiger charge is -2.19. The maximum atomic E-state index is 9.84. The monoisotopic (exact) mass is 309 g/mol. The fourth-order valence-corrected chi connectivity index (χ4v) is 2.14. The number of rotatable bonds is 4. The molecule has 1 aliphatic heterocycles. The molecule has 0 spiro atoms. The predicted molar refractivity (Wildman–Crippen MR) is 85.3 cm³/mol. The molecule has 0 atom stereocenters. The molecule has 1 aromatic carbocycles. The average molecular weight is 309 g/mol.